The van der Waals surface area contributed by atoms with Crippen LogP contribution in [0.25, 0.3) is 0 Å². The van der Waals surface area contributed by atoms with Crippen LogP contribution in [0.2, 0.25) is 0 Å². The first-order valence-corrected chi connectivity index (χ1v) is 6.54. The molecule has 1 aromatic rings. The van der Waals surface area contributed by atoms with Crippen LogP contribution in [0.5, 0.6) is 0 Å². The number of carbonyl (C=O) groups excluding carboxylic acids is 2. The molecule has 2 N–H and O–H groups in total. The monoisotopic (exact) mass is 287 g/mol. The molecule has 0 aromatic heterocycles. The number of carbonyl (C=O) groups is 2. The van der Waals surface area contributed by atoms with Gasteiger partial charge < -0.3 is 15.4 Å². The molecule has 0 saturated carbocycles. The van der Waals surface area contributed by atoms with Crippen LogP contribution >= 0.6 is 0 Å². The van der Waals surface area contributed by atoms with Gasteiger partial charge >= 0.3 is 5.97 Å². The lowest BCUT2D eigenvalue weighted by Crippen LogP contribution is -2.22. The molecule has 0 atom stereocenters. The lowest BCUT2D eigenvalue weighted by Gasteiger charge is -2.05. The Bertz CT molecular complexity index is 571. The highest BCUT2D eigenvalue weighted by molar-refractivity contribution is 5.94. The van der Waals surface area contributed by atoms with Gasteiger partial charge in [0.15, 0.2) is 5.57 Å². The van der Waals surface area contributed by atoms with Crippen molar-refractivity contribution in [2.24, 2.45) is 0 Å². The van der Waals surface area contributed by atoms with Crippen molar-refractivity contribution in [3.05, 3.63) is 41.6 Å². The molecule has 1 aromatic carbocycles. The number of hydrogen-bond acceptors (Lipinski definition) is 5. The van der Waals surface area contributed by atoms with Crippen LogP contribution in [0.1, 0.15) is 24.2 Å². The summed E-state index contributed by atoms with van der Waals surface area (Å²) in [6, 6.07) is 8.43. The van der Waals surface area contributed by atoms with E-state index in [4.69, 9.17) is 10.00 Å². The molecule has 0 saturated heterocycles. The van der Waals surface area contributed by atoms with E-state index in [-0.39, 0.29) is 18.1 Å². The Balaban J connectivity index is 2.73. The molecular weight excluding hydrogens is 270 g/mol. The van der Waals surface area contributed by atoms with E-state index in [1.165, 1.54) is 6.20 Å². The number of esters is 1. The molecule has 0 radical (unpaired) electrons. The second-order valence-corrected chi connectivity index (χ2v) is 3.97. The fraction of sp³-hybridized carbons (Fsp3) is 0.267. The Morgan fingerprint density at radius 3 is 2.48 bits per heavy atom. The maximum absolute atomic E-state index is 11.6. The first kappa shape index (κ1) is 16.2. The van der Waals surface area contributed by atoms with E-state index in [1.807, 2.05) is 6.92 Å². The molecule has 1 rings (SSSR count). The number of amides is 1. The van der Waals surface area contributed by atoms with Crippen LogP contribution in [-0.2, 0) is 9.53 Å². The number of anilines is 1. The highest BCUT2D eigenvalue weighted by atomic mass is 16.5. The van der Waals surface area contributed by atoms with Crippen molar-refractivity contribution >= 4 is 17.6 Å². The van der Waals surface area contributed by atoms with Gasteiger partial charge in [-0.05, 0) is 38.1 Å². The van der Waals surface area contributed by atoms with Crippen molar-refractivity contribution in [1.82, 2.24) is 5.32 Å². The number of nitrogens with zero attached hydrogens (tertiary/aromatic N) is 1. The molecule has 0 spiro atoms. The van der Waals surface area contributed by atoms with Crippen LogP contribution in [0.15, 0.2) is 36.0 Å². The van der Waals surface area contributed by atoms with Crippen molar-refractivity contribution in [2.75, 3.05) is 18.5 Å². The quantitative estimate of drug-likeness (QED) is 0.473. The van der Waals surface area contributed by atoms with Gasteiger partial charge in [-0.2, -0.15) is 5.26 Å². The van der Waals surface area contributed by atoms with E-state index in [2.05, 4.69) is 10.6 Å². The molecule has 6 nitrogen and oxygen atoms in total. The minimum atomic E-state index is -0.675. The minimum Gasteiger partial charge on any atom is -0.462 e. The van der Waals surface area contributed by atoms with Gasteiger partial charge in [-0.1, -0.05) is 0 Å². The average molecular weight is 287 g/mol. The van der Waals surface area contributed by atoms with E-state index in [0.29, 0.717) is 17.8 Å². The normalized spacial score (nSPS) is 10.4. The van der Waals surface area contributed by atoms with Gasteiger partial charge in [0.2, 0.25) is 0 Å². The summed E-state index contributed by atoms with van der Waals surface area (Å²) in [5.41, 5.74) is 1.07. The maximum Gasteiger partial charge on any atom is 0.350 e. The zero-order valence-corrected chi connectivity index (χ0v) is 12.0. The summed E-state index contributed by atoms with van der Waals surface area (Å²) in [4.78, 5) is 23.0. The second kappa shape index (κ2) is 8.38. The number of benzene rings is 1. The zero-order valence-electron chi connectivity index (χ0n) is 12.0. The standard InChI is InChI=1S/C15H17N3O3/c1-3-17-14(19)11-5-7-13(8-6-11)18-10-12(9-16)15(20)21-4-2/h5-8,10,18H,3-4H2,1-2H3,(H,17,19)/b12-10+. The third kappa shape index (κ3) is 4.99. The molecule has 0 aliphatic carbocycles. The Morgan fingerprint density at radius 1 is 1.29 bits per heavy atom. The topological polar surface area (TPSA) is 91.2 Å². The van der Waals surface area contributed by atoms with Crippen molar-refractivity contribution in [3.8, 4) is 6.07 Å². The van der Waals surface area contributed by atoms with Crippen molar-refractivity contribution < 1.29 is 14.3 Å². The van der Waals surface area contributed by atoms with E-state index in [0.717, 1.165) is 0 Å². The van der Waals surface area contributed by atoms with Gasteiger partial charge in [0.05, 0.1) is 6.61 Å². The zero-order chi connectivity index (χ0) is 15.7. The lowest BCUT2D eigenvalue weighted by molar-refractivity contribution is -0.138. The molecular formula is C15H17N3O3. The Morgan fingerprint density at radius 2 is 1.95 bits per heavy atom. The fourth-order valence-corrected chi connectivity index (χ4v) is 1.48. The second-order valence-electron chi connectivity index (χ2n) is 3.97. The number of ether oxygens (including phenoxy) is 1. The molecule has 6 heteroatoms. The Kier molecular flexibility index (Phi) is 6.48. The predicted octanol–water partition coefficient (Wildman–Crippen LogP) is 1.82. The number of hydrogen-bond donors (Lipinski definition) is 2. The van der Waals surface area contributed by atoms with E-state index < -0.39 is 5.97 Å². The molecule has 0 aliphatic heterocycles. The minimum absolute atomic E-state index is 0.121. The van der Waals surface area contributed by atoms with Crippen molar-refractivity contribution in [2.45, 2.75) is 13.8 Å². The van der Waals surface area contributed by atoms with E-state index in [9.17, 15) is 9.59 Å². The Labute approximate surface area is 123 Å². The first-order valence-electron chi connectivity index (χ1n) is 6.54. The van der Waals surface area contributed by atoms with Gasteiger partial charge in [-0.15, -0.1) is 0 Å². The maximum atomic E-state index is 11.6. The average Bonchev–Trinajstić information content (AvgIpc) is 2.49. The van der Waals surface area contributed by atoms with E-state index >= 15 is 0 Å². The lowest BCUT2D eigenvalue weighted by atomic mass is 10.2. The van der Waals surface area contributed by atoms with Crippen LogP contribution in [-0.4, -0.2) is 25.0 Å². The summed E-state index contributed by atoms with van der Waals surface area (Å²) >= 11 is 0. The van der Waals surface area contributed by atoms with E-state index in [1.54, 1.807) is 37.3 Å². The van der Waals surface area contributed by atoms with Crippen molar-refractivity contribution in [1.29, 1.82) is 5.26 Å². The predicted molar refractivity (Wildman–Crippen MR) is 78.4 cm³/mol. The SMILES string of the molecule is CCNC(=O)c1ccc(N/C=C(\C#N)C(=O)OCC)cc1. The van der Waals surface area contributed by atoms with Crippen LogP contribution < -0.4 is 10.6 Å². The number of nitriles is 1. The van der Waals surface area contributed by atoms with Crippen LogP contribution in [0.3, 0.4) is 0 Å². The highest BCUT2D eigenvalue weighted by Crippen LogP contribution is 2.10. The molecule has 0 heterocycles. The summed E-state index contributed by atoms with van der Waals surface area (Å²) in [7, 11) is 0. The van der Waals surface area contributed by atoms with Crippen LogP contribution in [0.4, 0.5) is 5.69 Å². The first-order chi connectivity index (χ1) is 10.1. The largest absolute Gasteiger partial charge is 0.462 e. The summed E-state index contributed by atoms with van der Waals surface area (Å²) in [5.74, 6) is -0.824. The van der Waals surface area contributed by atoms with Gasteiger partial charge in [0, 0.05) is 24.0 Å². The molecule has 21 heavy (non-hydrogen) atoms. The van der Waals surface area contributed by atoms with Crippen molar-refractivity contribution in [3.63, 3.8) is 0 Å². The molecule has 110 valence electrons. The third-order valence-corrected chi connectivity index (χ3v) is 2.48. The molecule has 0 aliphatic rings. The molecule has 1 amide bonds. The molecule has 0 bridgehead atoms. The van der Waals surface area contributed by atoms with Gasteiger partial charge in [-0.3, -0.25) is 4.79 Å². The molecule has 0 unspecified atom stereocenters. The van der Waals surface area contributed by atoms with Gasteiger partial charge in [-0.25, -0.2) is 4.79 Å². The summed E-state index contributed by atoms with van der Waals surface area (Å²) in [5, 5.41) is 14.4. The number of nitrogens with one attached hydrogen (secondary N) is 2. The molecule has 0 fully saturated rings. The van der Waals surface area contributed by atoms with Gasteiger partial charge in [0.1, 0.15) is 6.07 Å². The van der Waals surface area contributed by atoms with Crippen LogP contribution in [0, 0.1) is 11.3 Å². The summed E-state index contributed by atoms with van der Waals surface area (Å²) in [6.45, 7) is 4.28. The Hall–Kier alpha value is -2.81. The fourth-order valence-electron chi connectivity index (χ4n) is 1.48. The third-order valence-electron chi connectivity index (χ3n) is 2.48. The van der Waals surface area contributed by atoms with Gasteiger partial charge in [0.25, 0.3) is 5.91 Å². The smallest absolute Gasteiger partial charge is 0.350 e. The number of rotatable bonds is 6. The summed E-state index contributed by atoms with van der Waals surface area (Å²) in [6.07, 6.45) is 1.28. The summed E-state index contributed by atoms with van der Waals surface area (Å²) < 4.78 is 4.74. The highest BCUT2D eigenvalue weighted by Gasteiger charge is 2.09.